The molecule has 0 spiro atoms. The zero-order valence-electron chi connectivity index (χ0n) is 11.0. The lowest BCUT2D eigenvalue weighted by molar-refractivity contribution is -0.147. The van der Waals surface area contributed by atoms with Crippen molar-refractivity contribution in [3.05, 3.63) is 24.3 Å². The van der Waals surface area contributed by atoms with Crippen LogP contribution in [0.5, 0.6) is 0 Å². The van der Waals surface area contributed by atoms with Crippen molar-refractivity contribution in [1.82, 2.24) is 5.32 Å². The molecule has 1 unspecified atom stereocenters. The predicted octanol–water partition coefficient (Wildman–Crippen LogP) is 2.13. The van der Waals surface area contributed by atoms with Crippen molar-refractivity contribution >= 4 is 11.9 Å². The number of aliphatic carboxylic acids is 1. The highest BCUT2D eigenvalue weighted by molar-refractivity contribution is 5.85. The second-order valence-electron chi connectivity index (χ2n) is 5.39. The molecule has 4 heteroatoms. The fraction of sp³-hybridized carbons (Fsp3) is 0.600. The molecule has 2 aliphatic rings. The van der Waals surface area contributed by atoms with Crippen LogP contribution in [0.15, 0.2) is 24.3 Å². The molecule has 0 aromatic rings. The van der Waals surface area contributed by atoms with Gasteiger partial charge in [-0.05, 0) is 38.0 Å². The number of rotatable bonds is 4. The van der Waals surface area contributed by atoms with Gasteiger partial charge < -0.3 is 10.4 Å². The molecule has 1 amide bonds. The minimum atomic E-state index is -0.870. The smallest absolute Gasteiger partial charge is 0.307 e. The van der Waals surface area contributed by atoms with Crippen molar-refractivity contribution in [3.8, 4) is 0 Å². The Bertz CT molecular complexity index is 400. The molecular weight excluding hydrogens is 242 g/mol. The van der Waals surface area contributed by atoms with E-state index in [4.69, 9.17) is 5.11 Å². The van der Waals surface area contributed by atoms with E-state index in [0.717, 1.165) is 19.3 Å². The van der Waals surface area contributed by atoms with E-state index in [2.05, 4.69) is 17.5 Å². The molecule has 3 atom stereocenters. The summed E-state index contributed by atoms with van der Waals surface area (Å²) >= 11 is 0. The van der Waals surface area contributed by atoms with Gasteiger partial charge in [-0.3, -0.25) is 9.59 Å². The number of hydrogen-bond donors (Lipinski definition) is 2. The summed E-state index contributed by atoms with van der Waals surface area (Å²) in [5.41, 5.74) is 0. The van der Waals surface area contributed by atoms with Crippen molar-refractivity contribution in [2.75, 3.05) is 6.54 Å². The third-order valence-corrected chi connectivity index (χ3v) is 4.03. The molecule has 4 nitrogen and oxygen atoms in total. The fourth-order valence-corrected chi connectivity index (χ4v) is 2.79. The summed E-state index contributed by atoms with van der Waals surface area (Å²) < 4.78 is 0. The van der Waals surface area contributed by atoms with Crippen LogP contribution >= 0.6 is 0 Å². The second-order valence-corrected chi connectivity index (χ2v) is 5.39. The van der Waals surface area contributed by atoms with E-state index >= 15 is 0 Å². The van der Waals surface area contributed by atoms with Gasteiger partial charge in [0.05, 0.1) is 11.8 Å². The minimum Gasteiger partial charge on any atom is -0.481 e. The molecule has 2 aliphatic carbocycles. The molecule has 2 N–H and O–H groups in total. The molecule has 0 aromatic carbocycles. The quantitative estimate of drug-likeness (QED) is 0.764. The molecule has 104 valence electrons. The number of amides is 1. The highest BCUT2D eigenvalue weighted by Gasteiger charge is 2.33. The van der Waals surface area contributed by atoms with Gasteiger partial charge in [-0.1, -0.05) is 24.3 Å². The highest BCUT2D eigenvalue weighted by Crippen LogP contribution is 2.26. The average Bonchev–Trinajstić information content (AvgIpc) is 2.46. The van der Waals surface area contributed by atoms with Crippen molar-refractivity contribution in [2.45, 2.75) is 32.1 Å². The molecule has 0 saturated carbocycles. The molecule has 19 heavy (non-hydrogen) atoms. The maximum absolute atomic E-state index is 12.1. The van der Waals surface area contributed by atoms with Gasteiger partial charge in [0.1, 0.15) is 0 Å². The van der Waals surface area contributed by atoms with Crippen LogP contribution < -0.4 is 5.32 Å². The van der Waals surface area contributed by atoms with Gasteiger partial charge in [0.25, 0.3) is 0 Å². The molecule has 0 radical (unpaired) electrons. The van der Waals surface area contributed by atoms with Crippen LogP contribution in [-0.2, 0) is 9.59 Å². The molecular formula is C15H21NO3. The summed E-state index contributed by atoms with van der Waals surface area (Å²) in [6.45, 7) is 0.662. The lowest BCUT2D eigenvalue weighted by Crippen LogP contribution is -2.40. The Kier molecular flexibility index (Phi) is 4.77. The summed E-state index contributed by atoms with van der Waals surface area (Å²) in [6, 6.07) is 0. The zero-order chi connectivity index (χ0) is 13.7. The summed E-state index contributed by atoms with van der Waals surface area (Å²) in [5, 5.41) is 12.1. The molecule has 0 aromatic heterocycles. The number of carbonyl (C=O) groups is 2. The van der Waals surface area contributed by atoms with Crippen molar-refractivity contribution in [2.24, 2.45) is 17.8 Å². The Balaban J connectivity index is 1.85. The van der Waals surface area contributed by atoms with E-state index in [9.17, 15) is 9.59 Å². The molecule has 2 rings (SSSR count). The lowest BCUT2D eigenvalue weighted by Gasteiger charge is -2.25. The predicted molar refractivity (Wildman–Crippen MR) is 72.5 cm³/mol. The highest BCUT2D eigenvalue weighted by atomic mass is 16.4. The van der Waals surface area contributed by atoms with Gasteiger partial charge in [0.2, 0.25) is 5.91 Å². The van der Waals surface area contributed by atoms with E-state index < -0.39 is 17.8 Å². The molecule has 0 bridgehead atoms. The van der Waals surface area contributed by atoms with Gasteiger partial charge in [-0.25, -0.2) is 0 Å². The molecule has 0 saturated heterocycles. The number of carboxylic acids is 1. The fourth-order valence-electron chi connectivity index (χ4n) is 2.79. The van der Waals surface area contributed by atoms with Crippen molar-refractivity contribution in [1.29, 1.82) is 0 Å². The first-order valence-corrected chi connectivity index (χ1v) is 6.99. The number of carboxylic acid groups (broad SMARTS) is 1. The summed E-state index contributed by atoms with van der Waals surface area (Å²) in [6.07, 6.45) is 12.3. The third kappa shape index (κ3) is 3.69. The Morgan fingerprint density at radius 2 is 1.74 bits per heavy atom. The maximum atomic E-state index is 12.1. The first-order valence-electron chi connectivity index (χ1n) is 6.99. The largest absolute Gasteiger partial charge is 0.481 e. The van der Waals surface area contributed by atoms with Gasteiger partial charge >= 0.3 is 5.97 Å². The monoisotopic (exact) mass is 263 g/mol. The first-order chi connectivity index (χ1) is 9.18. The van der Waals surface area contributed by atoms with Gasteiger partial charge in [0.15, 0.2) is 0 Å². The normalized spacial score (nSPS) is 30.0. The Morgan fingerprint density at radius 1 is 1.05 bits per heavy atom. The van der Waals surface area contributed by atoms with Crippen LogP contribution in [0.1, 0.15) is 32.1 Å². The molecule has 0 fully saturated rings. The zero-order valence-corrected chi connectivity index (χ0v) is 11.0. The topological polar surface area (TPSA) is 66.4 Å². The first kappa shape index (κ1) is 13.8. The van der Waals surface area contributed by atoms with Gasteiger partial charge in [-0.15, -0.1) is 0 Å². The van der Waals surface area contributed by atoms with E-state index in [1.54, 1.807) is 0 Å². The molecule has 0 heterocycles. The van der Waals surface area contributed by atoms with E-state index in [-0.39, 0.29) is 5.91 Å². The lowest BCUT2D eigenvalue weighted by atomic mass is 9.82. The SMILES string of the molecule is O=C(O)[C@H]1CC=CC[C@H]1C(=O)NCC1CC=CCC1. The van der Waals surface area contributed by atoms with Crippen LogP contribution in [0.4, 0.5) is 0 Å². The van der Waals surface area contributed by atoms with Crippen LogP contribution in [0.25, 0.3) is 0 Å². The van der Waals surface area contributed by atoms with E-state index in [1.807, 2.05) is 12.2 Å². The summed E-state index contributed by atoms with van der Waals surface area (Å²) in [4.78, 5) is 23.3. The summed E-state index contributed by atoms with van der Waals surface area (Å²) in [7, 11) is 0. The van der Waals surface area contributed by atoms with Crippen LogP contribution in [0, 0.1) is 17.8 Å². The van der Waals surface area contributed by atoms with Gasteiger partial charge in [0, 0.05) is 6.54 Å². The van der Waals surface area contributed by atoms with Gasteiger partial charge in [-0.2, -0.15) is 0 Å². The van der Waals surface area contributed by atoms with Crippen molar-refractivity contribution < 1.29 is 14.7 Å². The molecule has 0 aliphatic heterocycles. The Labute approximate surface area is 113 Å². The second kappa shape index (κ2) is 6.55. The van der Waals surface area contributed by atoms with Crippen molar-refractivity contribution in [3.63, 3.8) is 0 Å². The standard InChI is InChI=1S/C15H21NO3/c17-14(16-10-11-6-2-1-3-7-11)12-8-4-5-9-13(12)15(18)19/h1-2,4-5,11-13H,3,6-10H2,(H,16,17)(H,18,19)/t11?,12-,13+/m1/s1. The van der Waals surface area contributed by atoms with E-state index in [0.29, 0.717) is 25.3 Å². The maximum Gasteiger partial charge on any atom is 0.307 e. The number of allylic oxidation sites excluding steroid dienone is 4. The third-order valence-electron chi connectivity index (χ3n) is 4.03. The average molecular weight is 263 g/mol. The Hall–Kier alpha value is -1.58. The van der Waals surface area contributed by atoms with Crippen LogP contribution in [0.3, 0.4) is 0 Å². The van der Waals surface area contributed by atoms with E-state index in [1.165, 1.54) is 0 Å². The minimum absolute atomic E-state index is 0.105. The number of nitrogens with one attached hydrogen (secondary N) is 1. The number of carbonyl (C=O) groups excluding carboxylic acids is 1. The Morgan fingerprint density at radius 3 is 2.37 bits per heavy atom. The van der Waals surface area contributed by atoms with Crippen LogP contribution in [0.2, 0.25) is 0 Å². The van der Waals surface area contributed by atoms with Crippen LogP contribution in [-0.4, -0.2) is 23.5 Å². The summed E-state index contributed by atoms with van der Waals surface area (Å²) in [5.74, 6) is -1.47. The number of hydrogen-bond acceptors (Lipinski definition) is 2.